The van der Waals surface area contributed by atoms with E-state index < -0.39 is 6.04 Å². The predicted molar refractivity (Wildman–Crippen MR) is 90.1 cm³/mol. The quantitative estimate of drug-likeness (QED) is 0.937. The lowest BCUT2D eigenvalue weighted by molar-refractivity contribution is -0.127. The lowest BCUT2D eigenvalue weighted by atomic mass is 10.0. The highest BCUT2D eigenvalue weighted by Crippen LogP contribution is 2.29. The number of rotatable bonds is 4. The fourth-order valence-corrected chi connectivity index (χ4v) is 3.10. The van der Waals surface area contributed by atoms with E-state index in [4.69, 9.17) is 22.1 Å². The molecular formula is C18H19ClN2O2. The monoisotopic (exact) mass is 330 g/mol. The number of nitrogens with zero attached hydrogens (tertiary/aromatic N) is 1. The fraction of sp³-hybridized carbons (Fsp3) is 0.278. The summed E-state index contributed by atoms with van der Waals surface area (Å²) in [5, 5.41) is 0.695. The summed E-state index contributed by atoms with van der Waals surface area (Å²) in [6.45, 7) is 1.85. The van der Waals surface area contributed by atoms with E-state index in [1.165, 1.54) is 0 Å². The van der Waals surface area contributed by atoms with E-state index in [-0.39, 0.29) is 12.0 Å². The Morgan fingerprint density at radius 2 is 1.87 bits per heavy atom. The Morgan fingerprint density at radius 3 is 2.52 bits per heavy atom. The summed E-state index contributed by atoms with van der Waals surface area (Å²) in [6, 6.07) is 16.8. The number of amides is 1. The second kappa shape index (κ2) is 7.13. The first-order valence-corrected chi connectivity index (χ1v) is 7.98. The summed E-state index contributed by atoms with van der Waals surface area (Å²) in [5.74, 6) is -0.340. The highest BCUT2D eigenvalue weighted by Gasteiger charge is 2.31. The van der Waals surface area contributed by atoms with Crippen LogP contribution in [0.3, 0.4) is 0 Å². The van der Waals surface area contributed by atoms with Gasteiger partial charge in [0.15, 0.2) is 0 Å². The second-order valence-electron chi connectivity index (χ2n) is 5.62. The Balaban J connectivity index is 1.81. The van der Waals surface area contributed by atoms with E-state index >= 15 is 0 Å². The Hall–Kier alpha value is -1.88. The largest absolute Gasteiger partial charge is 0.371 e. The molecule has 2 aromatic carbocycles. The molecule has 0 radical (unpaired) electrons. The molecule has 1 aliphatic rings. The first-order valence-electron chi connectivity index (χ1n) is 7.60. The van der Waals surface area contributed by atoms with E-state index in [9.17, 15) is 4.79 Å². The number of ether oxygens (including phenoxy) is 1. The molecule has 1 amide bonds. The van der Waals surface area contributed by atoms with Crippen molar-refractivity contribution in [3.05, 3.63) is 70.7 Å². The molecule has 1 fully saturated rings. The predicted octanol–water partition coefficient (Wildman–Crippen LogP) is 2.94. The Bertz CT molecular complexity index is 660. The first kappa shape index (κ1) is 16.0. The first-order chi connectivity index (χ1) is 11.1. The maximum Gasteiger partial charge on any atom is 0.239 e. The molecule has 23 heavy (non-hydrogen) atoms. The van der Waals surface area contributed by atoms with Gasteiger partial charge < -0.3 is 10.5 Å². The van der Waals surface area contributed by atoms with Crippen molar-refractivity contribution in [2.24, 2.45) is 5.73 Å². The molecule has 2 aromatic rings. The van der Waals surface area contributed by atoms with Gasteiger partial charge in [0.1, 0.15) is 6.04 Å². The van der Waals surface area contributed by atoms with Crippen molar-refractivity contribution < 1.29 is 9.53 Å². The summed E-state index contributed by atoms with van der Waals surface area (Å²) in [5.41, 5.74) is 7.63. The normalized spacial score (nSPS) is 20.1. The van der Waals surface area contributed by atoms with Crippen LogP contribution in [0.25, 0.3) is 0 Å². The van der Waals surface area contributed by atoms with Crippen molar-refractivity contribution in [1.29, 1.82) is 0 Å². The average Bonchev–Trinajstić information content (AvgIpc) is 2.57. The number of nitrogens with two attached hydrogens (primary N) is 1. The van der Waals surface area contributed by atoms with Crippen LogP contribution in [0.5, 0.6) is 0 Å². The minimum atomic E-state index is -0.435. The van der Waals surface area contributed by atoms with Crippen molar-refractivity contribution in [1.82, 2.24) is 4.90 Å². The molecule has 0 saturated carbocycles. The van der Waals surface area contributed by atoms with Crippen LogP contribution in [0.2, 0.25) is 5.02 Å². The van der Waals surface area contributed by atoms with Crippen molar-refractivity contribution in [3.63, 3.8) is 0 Å². The van der Waals surface area contributed by atoms with E-state index in [0.717, 1.165) is 11.1 Å². The van der Waals surface area contributed by atoms with Gasteiger partial charge in [-0.2, -0.15) is 0 Å². The molecule has 0 bridgehead atoms. The van der Waals surface area contributed by atoms with Crippen LogP contribution in [0.4, 0.5) is 0 Å². The number of benzene rings is 2. The van der Waals surface area contributed by atoms with Gasteiger partial charge in [0.05, 0.1) is 12.7 Å². The van der Waals surface area contributed by atoms with Crippen molar-refractivity contribution >= 4 is 17.5 Å². The highest BCUT2D eigenvalue weighted by molar-refractivity contribution is 6.30. The Morgan fingerprint density at radius 1 is 1.17 bits per heavy atom. The van der Waals surface area contributed by atoms with Gasteiger partial charge in [-0.3, -0.25) is 9.69 Å². The van der Waals surface area contributed by atoms with Crippen LogP contribution >= 0.6 is 11.6 Å². The molecule has 1 aliphatic heterocycles. The zero-order valence-corrected chi connectivity index (χ0v) is 13.4. The van der Waals surface area contributed by atoms with Gasteiger partial charge in [0.2, 0.25) is 5.91 Å². The molecular weight excluding hydrogens is 312 g/mol. The van der Waals surface area contributed by atoms with Gasteiger partial charge in [-0.15, -0.1) is 0 Å². The smallest absolute Gasteiger partial charge is 0.239 e. The van der Waals surface area contributed by atoms with Gasteiger partial charge in [0, 0.05) is 18.1 Å². The number of primary amides is 1. The molecule has 120 valence electrons. The number of carbonyl (C=O) groups is 1. The lowest BCUT2D eigenvalue weighted by Crippen LogP contribution is -2.45. The summed E-state index contributed by atoms with van der Waals surface area (Å²) >= 11 is 5.94. The Kier molecular flexibility index (Phi) is 4.96. The van der Waals surface area contributed by atoms with Crippen LogP contribution in [-0.2, 0) is 9.53 Å². The minimum Gasteiger partial charge on any atom is -0.371 e. The third kappa shape index (κ3) is 3.72. The maximum atomic E-state index is 12.0. The van der Waals surface area contributed by atoms with Gasteiger partial charge in [0.25, 0.3) is 0 Å². The topological polar surface area (TPSA) is 55.6 Å². The van der Waals surface area contributed by atoms with Crippen LogP contribution in [0.15, 0.2) is 54.6 Å². The molecule has 0 aromatic heterocycles. The van der Waals surface area contributed by atoms with E-state index in [1.807, 2.05) is 54.6 Å². The molecule has 2 atom stereocenters. The SMILES string of the molecule is NC(=O)[C@@H](c1ccccc1)N1CCO[C@H](c2ccc(Cl)cc2)C1. The van der Waals surface area contributed by atoms with Gasteiger partial charge in [-0.05, 0) is 23.3 Å². The van der Waals surface area contributed by atoms with Gasteiger partial charge in [-0.25, -0.2) is 0 Å². The number of hydrogen-bond donors (Lipinski definition) is 1. The fourth-order valence-electron chi connectivity index (χ4n) is 2.97. The molecule has 5 heteroatoms. The molecule has 1 heterocycles. The summed E-state index contributed by atoms with van der Waals surface area (Å²) in [4.78, 5) is 14.1. The second-order valence-corrected chi connectivity index (χ2v) is 6.06. The molecule has 2 N–H and O–H groups in total. The van der Waals surface area contributed by atoms with E-state index in [2.05, 4.69) is 4.90 Å². The van der Waals surface area contributed by atoms with Gasteiger partial charge in [-0.1, -0.05) is 54.1 Å². The van der Waals surface area contributed by atoms with Crippen LogP contribution in [0, 0.1) is 0 Å². The molecule has 4 nitrogen and oxygen atoms in total. The number of carbonyl (C=O) groups excluding carboxylic acids is 1. The lowest BCUT2D eigenvalue weighted by Gasteiger charge is -2.37. The zero-order chi connectivity index (χ0) is 16.2. The van der Waals surface area contributed by atoms with E-state index in [1.54, 1.807) is 0 Å². The third-order valence-corrected chi connectivity index (χ3v) is 4.34. The number of hydrogen-bond acceptors (Lipinski definition) is 3. The average molecular weight is 331 g/mol. The number of halogens is 1. The molecule has 3 rings (SSSR count). The van der Waals surface area contributed by atoms with Gasteiger partial charge >= 0.3 is 0 Å². The van der Waals surface area contributed by atoms with Crippen LogP contribution in [0.1, 0.15) is 23.3 Å². The van der Waals surface area contributed by atoms with Crippen molar-refractivity contribution in [3.8, 4) is 0 Å². The standard InChI is InChI=1S/C18H19ClN2O2/c19-15-8-6-13(7-9-15)16-12-21(10-11-23-16)17(18(20)22)14-4-2-1-3-5-14/h1-9,16-17H,10-12H2,(H2,20,22)/t16-,17+/m0/s1. The number of morpholine rings is 1. The van der Waals surface area contributed by atoms with E-state index in [0.29, 0.717) is 24.7 Å². The highest BCUT2D eigenvalue weighted by atomic mass is 35.5. The summed E-state index contributed by atoms with van der Waals surface area (Å²) in [7, 11) is 0. The zero-order valence-electron chi connectivity index (χ0n) is 12.7. The molecule has 0 unspecified atom stereocenters. The molecule has 0 aliphatic carbocycles. The molecule has 1 saturated heterocycles. The maximum absolute atomic E-state index is 12.0. The van der Waals surface area contributed by atoms with Crippen molar-refractivity contribution in [2.45, 2.75) is 12.1 Å². The summed E-state index contributed by atoms with van der Waals surface area (Å²) in [6.07, 6.45) is -0.0911. The van der Waals surface area contributed by atoms with Crippen LogP contribution in [-0.4, -0.2) is 30.5 Å². The van der Waals surface area contributed by atoms with Crippen molar-refractivity contribution in [2.75, 3.05) is 19.7 Å². The van der Waals surface area contributed by atoms with Crippen LogP contribution < -0.4 is 5.73 Å². The minimum absolute atomic E-state index is 0.0911. The third-order valence-electron chi connectivity index (χ3n) is 4.09. The summed E-state index contributed by atoms with van der Waals surface area (Å²) < 4.78 is 5.86. The molecule has 0 spiro atoms. The Labute approximate surface area is 140 Å².